The fraction of sp³-hybridized carbons (Fsp3) is 0.179. The van der Waals surface area contributed by atoms with E-state index in [0.717, 1.165) is 11.3 Å². The van der Waals surface area contributed by atoms with Crippen LogP contribution in [0.2, 0.25) is 0 Å². The highest BCUT2D eigenvalue weighted by Gasteiger charge is 2.35. The summed E-state index contributed by atoms with van der Waals surface area (Å²) in [5, 5.41) is 2.18. The van der Waals surface area contributed by atoms with E-state index in [2.05, 4.69) is 5.32 Å². The molecule has 0 saturated carbocycles. The molecule has 1 fully saturated rings. The van der Waals surface area contributed by atoms with Crippen molar-refractivity contribution in [3.63, 3.8) is 0 Å². The number of imide groups is 2. The van der Waals surface area contributed by atoms with Crippen LogP contribution in [0.5, 0.6) is 17.2 Å². The van der Waals surface area contributed by atoms with Crippen molar-refractivity contribution in [2.24, 2.45) is 0 Å². The summed E-state index contributed by atoms with van der Waals surface area (Å²) >= 11 is 0. The van der Waals surface area contributed by atoms with Crippen LogP contribution in [0.4, 0.5) is 4.79 Å². The van der Waals surface area contributed by atoms with E-state index in [4.69, 9.17) is 13.7 Å². The molecule has 4 amide bonds. The van der Waals surface area contributed by atoms with Crippen molar-refractivity contribution < 1.29 is 36.5 Å². The van der Waals surface area contributed by atoms with Gasteiger partial charge in [0.1, 0.15) is 16.2 Å². The Hall–Kier alpha value is -4.64. The first kappa shape index (κ1) is 27.4. The molecule has 0 unspecified atom stereocenters. The van der Waals surface area contributed by atoms with E-state index >= 15 is 0 Å². The zero-order valence-corrected chi connectivity index (χ0v) is 22.1. The molecule has 0 atom stereocenters. The zero-order chi connectivity index (χ0) is 28.0. The summed E-state index contributed by atoms with van der Waals surface area (Å²) in [6.07, 6.45) is 2.13. The number of methoxy groups -OCH3 is 1. The Morgan fingerprint density at radius 1 is 0.923 bits per heavy atom. The summed E-state index contributed by atoms with van der Waals surface area (Å²) < 4.78 is 41.0. The minimum atomic E-state index is -4.02. The van der Waals surface area contributed by atoms with Crippen molar-refractivity contribution in [2.75, 3.05) is 13.7 Å². The monoisotopic (exact) mass is 550 g/mol. The maximum absolute atomic E-state index is 13.1. The van der Waals surface area contributed by atoms with Crippen LogP contribution in [-0.2, 0) is 26.3 Å². The van der Waals surface area contributed by atoms with E-state index in [0.29, 0.717) is 29.2 Å². The zero-order valence-electron chi connectivity index (χ0n) is 21.2. The molecule has 0 spiro atoms. The number of rotatable bonds is 10. The number of nitrogens with one attached hydrogen (secondary N) is 1. The summed E-state index contributed by atoms with van der Waals surface area (Å²) in [4.78, 5) is 39.0. The highest BCUT2D eigenvalue weighted by molar-refractivity contribution is 7.87. The van der Waals surface area contributed by atoms with Gasteiger partial charge >= 0.3 is 16.1 Å². The first-order chi connectivity index (χ1) is 18.7. The molecule has 0 aliphatic carbocycles. The fourth-order valence-electron chi connectivity index (χ4n) is 3.71. The van der Waals surface area contributed by atoms with E-state index in [-0.39, 0.29) is 22.8 Å². The predicted molar refractivity (Wildman–Crippen MR) is 142 cm³/mol. The third-order valence-corrected chi connectivity index (χ3v) is 6.91. The van der Waals surface area contributed by atoms with E-state index in [1.54, 1.807) is 36.4 Å². The number of barbiturate groups is 1. The maximum Gasteiger partial charge on any atom is 0.339 e. The van der Waals surface area contributed by atoms with Gasteiger partial charge in [0.15, 0.2) is 11.5 Å². The van der Waals surface area contributed by atoms with Crippen LogP contribution in [0, 0.1) is 0 Å². The van der Waals surface area contributed by atoms with Gasteiger partial charge in [0, 0.05) is 0 Å². The minimum absolute atomic E-state index is 0.00571. The van der Waals surface area contributed by atoms with Gasteiger partial charge in [-0.2, -0.15) is 8.42 Å². The smallest absolute Gasteiger partial charge is 0.339 e. The van der Waals surface area contributed by atoms with E-state index in [1.807, 2.05) is 6.92 Å². The number of hydrogen-bond acceptors (Lipinski definition) is 8. The van der Waals surface area contributed by atoms with Crippen LogP contribution in [0.1, 0.15) is 24.5 Å². The standard InChI is InChI=1S/C28H26N2O8S/c1-3-15-37-24-14-11-20(17-25(24)36-2)18-30-27(32)23(26(31)29-28(30)33)16-19-9-12-21(13-10-19)38-39(34,35)22-7-5-4-6-8-22/h4-14,16-17H,3,15,18H2,1-2H3,(H,29,31,33)/b23-16+. The Bertz CT molecular complexity index is 1520. The van der Waals surface area contributed by atoms with Gasteiger partial charge in [0.25, 0.3) is 11.8 Å². The van der Waals surface area contributed by atoms with Crippen LogP contribution in [0.3, 0.4) is 0 Å². The number of urea groups is 1. The van der Waals surface area contributed by atoms with Crippen LogP contribution in [0.25, 0.3) is 6.08 Å². The Morgan fingerprint density at radius 3 is 2.31 bits per heavy atom. The average Bonchev–Trinajstić information content (AvgIpc) is 2.93. The third kappa shape index (κ3) is 6.44. The number of amides is 4. The second-order valence-corrected chi connectivity index (χ2v) is 10.0. The molecule has 0 bridgehead atoms. The molecule has 1 saturated heterocycles. The lowest BCUT2D eigenvalue weighted by molar-refractivity contribution is -0.130. The molecule has 0 aromatic heterocycles. The second-order valence-electron chi connectivity index (χ2n) is 8.46. The van der Waals surface area contributed by atoms with Gasteiger partial charge in [-0.25, -0.2) is 4.79 Å². The summed E-state index contributed by atoms with van der Waals surface area (Å²) in [6, 6.07) is 17.7. The van der Waals surface area contributed by atoms with Crippen molar-refractivity contribution in [3.8, 4) is 17.2 Å². The first-order valence-corrected chi connectivity index (χ1v) is 13.4. The molecule has 39 heavy (non-hydrogen) atoms. The van der Waals surface area contributed by atoms with Crippen LogP contribution >= 0.6 is 0 Å². The topological polar surface area (TPSA) is 128 Å². The lowest BCUT2D eigenvalue weighted by Gasteiger charge is -2.26. The number of carbonyl (C=O) groups is 3. The molecule has 0 radical (unpaired) electrons. The molecule has 1 aliphatic rings. The summed E-state index contributed by atoms with van der Waals surface area (Å²) in [5.74, 6) is -0.570. The Labute approximate surface area is 225 Å². The van der Waals surface area contributed by atoms with Crippen LogP contribution in [0.15, 0.2) is 83.3 Å². The summed E-state index contributed by atoms with van der Waals surface area (Å²) in [5.41, 5.74) is 0.760. The molecule has 11 heteroatoms. The lowest BCUT2D eigenvalue weighted by atomic mass is 10.1. The molecule has 202 valence electrons. The number of hydrogen-bond donors (Lipinski definition) is 1. The highest BCUT2D eigenvalue weighted by Crippen LogP contribution is 2.29. The largest absolute Gasteiger partial charge is 0.493 e. The molecular formula is C28H26N2O8S. The van der Waals surface area contributed by atoms with Gasteiger partial charge in [0.2, 0.25) is 0 Å². The number of ether oxygens (including phenoxy) is 2. The van der Waals surface area contributed by atoms with Crippen molar-refractivity contribution in [3.05, 3.63) is 89.5 Å². The average molecular weight is 551 g/mol. The predicted octanol–water partition coefficient (Wildman–Crippen LogP) is 3.91. The Balaban J connectivity index is 1.51. The number of nitrogens with zero attached hydrogens (tertiary/aromatic N) is 1. The Kier molecular flexibility index (Phi) is 8.30. The van der Waals surface area contributed by atoms with Gasteiger partial charge in [-0.1, -0.05) is 43.3 Å². The number of benzene rings is 3. The molecule has 4 rings (SSSR count). The normalized spacial score (nSPS) is 14.8. The second kappa shape index (κ2) is 11.8. The Morgan fingerprint density at radius 2 is 1.64 bits per heavy atom. The molecular weight excluding hydrogens is 524 g/mol. The molecule has 10 nitrogen and oxygen atoms in total. The SMILES string of the molecule is CCCOc1ccc(CN2C(=O)NC(=O)/C(=C\c3ccc(OS(=O)(=O)c4ccccc4)cc3)C2=O)cc1OC. The van der Waals surface area contributed by atoms with Crippen molar-refractivity contribution in [1.82, 2.24) is 10.2 Å². The third-order valence-electron chi connectivity index (χ3n) is 5.65. The molecule has 3 aromatic rings. The highest BCUT2D eigenvalue weighted by atomic mass is 32.2. The van der Waals surface area contributed by atoms with Crippen molar-refractivity contribution in [1.29, 1.82) is 0 Å². The van der Waals surface area contributed by atoms with Crippen LogP contribution in [-0.4, -0.2) is 44.9 Å². The van der Waals surface area contributed by atoms with Crippen LogP contribution < -0.4 is 19.0 Å². The quantitative estimate of drug-likeness (QED) is 0.229. The molecule has 1 heterocycles. The van der Waals surface area contributed by atoms with Gasteiger partial charge in [-0.05, 0) is 60.0 Å². The fourth-order valence-corrected chi connectivity index (χ4v) is 4.66. The van der Waals surface area contributed by atoms with E-state index < -0.39 is 28.0 Å². The summed E-state index contributed by atoms with van der Waals surface area (Å²) in [7, 11) is -2.53. The minimum Gasteiger partial charge on any atom is -0.493 e. The van der Waals surface area contributed by atoms with Crippen molar-refractivity contribution >= 4 is 34.0 Å². The van der Waals surface area contributed by atoms with Gasteiger partial charge in [0.05, 0.1) is 20.3 Å². The van der Waals surface area contributed by atoms with Gasteiger partial charge in [-0.3, -0.25) is 19.8 Å². The van der Waals surface area contributed by atoms with E-state index in [9.17, 15) is 22.8 Å². The van der Waals surface area contributed by atoms with E-state index in [1.165, 1.54) is 49.6 Å². The molecule has 1 aliphatic heterocycles. The van der Waals surface area contributed by atoms with Crippen molar-refractivity contribution in [2.45, 2.75) is 24.8 Å². The molecule has 3 aromatic carbocycles. The summed E-state index contributed by atoms with van der Waals surface area (Å²) in [6.45, 7) is 2.38. The first-order valence-electron chi connectivity index (χ1n) is 12.0. The lowest BCUT2D eigenvalue weighted by Crippen LogP contribution is -2.53. The van der Waals surface area contributed by atoms with Gasteiger partial charge in [-0.15, -0.1) is 0 Å². The maximum atomic E-state index is 13.1. The van der Waals surface area contributed by atoms with Gasteiger partial charge < -0.3 is 13.7 Å². The number of carbonyl (C=O) groups excluding carboxylic acids is 3. The molecule has 1 N–H and O–H groups in total.